The van der Waals surface area contributed by atoms with Gasteiger partial charge in [0.1, 0.15) is 18.1 Å². The largest absolute Gasteiger partial charge is 0.496 e. The summed E-state index contributed by atoms with van der Waals surface area (Å²) in [6.45, 7) is 2.37. The highest BCUT2D eigenvalue weighted by Crippen LogP contribution is 2.40. The molecule has 0 unspecified atom stereocenters. The molecule has 0 atom stereocenters. The van der Waals surface area contributed by atoms with E-state index in [1.165, 1.54) is 16.8 Å². The number of benzene rings is 3. The molecule has 1 heterocycles. The normalized spacial score (nSPS) is 10.6. The second-order valence-electron chi connectivity index (χ2n) is 7.27. The third-order valence-corrected chi connectivity index (χ3v) is 5.23. The molecule has 0 aliphatic heterocycles. The molecule has 4 aromatic rings. The molecule has 3 aromatic carbocycles. The van der Waals surface area contributed by atoms with E-state index in [4.69, 9.17) is 14.2 Å². The Kier molecular flexibility index (Phi) is 6.13. The lowest BCUT2D eigenvalue weighted by atomic mass is 10.0. The summed E-state index contributed by atoms with van der Waals surface area (Å²) in [5.74, 6) is 2.19. The molecular weight excluding hydrogens is 422 g/mol. The summed E-state index contributed by atoms with van der Waals surface area (Å²) in [4.78, 5) is 25.3. The third kappa shape index (κ3) is 4.57. The number of hydrogen-bond donors (Lipinski definition) is 1. The van der Waals surface area contributed by atoms with Gasteiger partial charge in [-0.25, -0.2) is 4.79 Å². The molecule has 1 N–H and O–H groups in total. The number of H-pyrrole nitrogens is 1. The molecule has 0 aliphatic rings. The SMILES string of the molecule is COc1cc(Oc2ccccc2OCCn2ccc(=O)[nH]c2=O)c(C)c2cc(C#N)ccc12. The molecule has 166 valence electrons. The fourth-order valence-corrected chi connectivity index (χ4v) is 3.50. The second-order valence-corrected chi connectivity index (χ2v) is 7.27. The number of methoxy groups -OCH3 is 1. The van der Waals surface area contributed by atoms with Gasteiger partial charge in [0.15, 0.2) is 11.5 Å². The maximum absolute atomic E-state index is 11.8. The van der Waals surface area contributed by atoms with Crippen molar-refractivity contribution in [3.05, 3.63) is 92.8 Å². The lowest BCUT2D eigenvalue weighted by Crippen LogP contribution is -2.30. The number of fused-ring (bicyclic) bond motifs is 1. The van der Waals surface area contributed by atoms with Crippen LogP contribution in [0.3, 0.4) is 0 Å². The number of ether oxygens (including phenoxy) is 3. The smallest absolute Gasteiger partial charge is 0.328 e. The zero-order valence-corrected chi connectivity index (χ0v) is 18.1. The van der Waals surface area contributed by atoms with Gasteiger partial charge in [-0.2, -0.15) is 5.26 Å². The number of hydrogen-bond acceptors (Lipinski definition) is 6. The molecule has 0 bridgehead atoms. The second kappa shape index (κ2) is 9.32. The van der Waals surface area contributed by atoms with Crippen molar-refractivity contribution in [2.75, 3.05) is 13.7 Å². The van der Waals surface area contributed by atoms with Gasteiger partial charge in [-0.15, -0.1) is 0 Å². The van der Waals surface area contributed by atoms with Crippen LogP contribution in [0.5, 0.6) is 23.0 Å². The highest BCUT2D eigenvalue weighted by Gasteiger charge is 2.14. The summed E-state index contributed by atoms with van der Waals surface area (Å²) >= 11 is 0. The van der Waals surface area contributed by atoms with Gasteiger partial charge in [0.2, 0.25) is 0 Å². The molecular formula is C25H21N3O5. The molecule has 4 rings (SSSR count). The molecule has 0 amide bonds. The number of nitriles is 1. The van der Waals surface area contributed by atoms with E-state index in [0.29, 0.717) is 28.6 Å². The fraction of sp³-hybridized carbons (Fsp3) is 0.160. The summed E-state index contributed by atoms with van der Waals surface area (Å²) < 4.78 is 19.0. The van der Waals surface area contributed by atoms with Crippen LogP contribution in [-0.2, 0) is 6.54 Å². The van der Waals surface area contributed by atoms with Crippen molar-refractivity contribution in [3.63, 3.8) is 0 Å². The van der Waals surface area contributed by atoms with Crippen LogP contribution in [-0.4, -0.2) is 23.3 Å². The Balaban J connectivity index is 1.61. The molecule has 8 heteroatoms. The number of nitrogens with zero attached hydrogens (tertiary/aromatic N) is 2. The van der Waals surface area contributed by atoms with Gasteiger partial charge in [0.05, 0.1) is 25.3 Å². The van der Waals surface area contributed by atoms with E-state index < -0.39 is 11.2 Å². The van der Waals surface area contributed by atoms with Crippen molar-refractivity contribution in [3.8, 4) is 29.1 Å². The highest BCUT2D eigenvalue weighted by atomic mass is 16.5. The van der Waals surface area contributed by atoms with Crippen LogP contribution in [0.4, 0.5) is 0 Å². The Morgan fingerprint density at radius 3 is 2.48 bits per heavy atom. The van der Waals surface area contributed by atoms with E-state index in [0.717, 1.165) is 16.3 Å². The molecule has 33 heavy (non-hydrogen) atoms. The van der Waals surface area contributed by atoms with Crippen LogP contribution in [0.25, 0.3) is 10.8 Å². The quantitative estimate of drug-likeness (QED) is 0.466. The molecule has 0 saturated carbocycles. The van der Waals surface area contributed by atoms with Crippen molar-refractivity contribution in [1.82, 2.24) is 9.55 Å². The van der Waals surface area contributed by atoms with Crippen molar-refractivity contribution in [2.24, 2.45) is 0 Å². The Hall–Kier alpha value is -4.51. The predicted octanol–water partition coefficient (Wildman–Crippen LogP) is 3.75. The van der Waals surface area contributed by atoms with Gasteiger partial charge >= 0.3 is 5.69 Å². The monoisotopic (exact) mass is 443 g/mol. The Morgan fingerprint density at radius 1 is 0.970 bits per heavy atom. The van der Waals surface area contributed by atoms with Crippen molar-refractivity contribution >= 4 is 10.8 Å². The predicted molar refractivity (Wildman–Crippen MR) is 123 cm³/mol. The number of aromatic amines is 1. The Labute approximate surface area is 189 Å². The van der Waals surface area contributed by atoms with E-state index in [2.05, 4.69) is 11.1 Å². The van der Waals surface area contributed by atoms with Crippen LogP contribution in [0, 0.1) is 18.3 Å². The number of para-hydroxylation sites is 2. The fourth-order valence-electron chi connectivity index (χ4n) is 3.50. The zero-order chi connectivity index (χ0) is 23.4. The van der Waals surface area contributed by atoms with Crippen LogP contribution >= 0.6 is 0 Å². The highest BCUT2D eigenvalue weighted by molar-refractivity contribution is 5.94. The minimum absolute atomic E-state index is 0.192. The van der Waals surface area contributed by atoms with Gasteiger partial charge in [-0.05, 0) is 48.2 Å². The van der Waals surface area contributed by atoms with Crippen molar-refractivity contribution < 1.29 is 14.2 Å². The summed E-state index contributed by atoms with van der Waals surface area (Å²) in [6.07, 6.45) is 1.42. The van der Waals surface area contributed by atoms with Crippen LogP contribution in [0.15, 0.2) is 70.4 Å². The van der Waals surface area contributed by atoms with Gasteiger partial charge in [0.25, 0.3) is 5.56 Å². The minimum atomic E-state index is -0.494. The Morgan fingerprint density at radius 2 is 1.76 bits per heavy atom. The van der Waals surface area contributed by atoms with E-state index in [9.17, 15) is 14.9 Å². The molecule has 8 nitrogen and oxygen atoms in total. The molecule has 0 saturated heterocycles. The first kappa shape index (κ1) is 21.7. The summed E-state index contributed by atoms with van der Waals surface area (Å²) in [5, 5.41) is 11.0. The molecule has 0 spiro atoms. The maximum atomic E-state index is 11.8. The third-order valence-electron chi connectivity index (χ3n) is 5.23. The van der Waals surface area contributed by atoms with Gasteiger partial charge in [0, 0.05) is 23.7 Å². The number of aromatic nitrogens is 2. The average Bonchev–Trinajstić information content (AvgIpc) is 2.83. The lowest BCUT2D eigenvalue weighted by molar-refractivity contribution is 0.283. The van der Waals surface area contributed by atoms with Crippen LogP contribution < -0.4 is 25.5 Å². The molecule has 0 radical (unpaired) electrons. The number of nitrogens with one attached hydrogen (secondary N) is 1. The summed E-state index contributed by atoms with van der Waals surface area (Å²) in [6, 6.07) is 17.9. The van der Waals surface area contributed by atoms with Crippen LogP contribution in [0.2, 0.25) is 0 Å². The zero-order valence-electron chi connectivity index (χ0n) is 18.1. The van der Waals surface area contributed by atoms with E-state index in [1.807, 2.05) is 31.2 Å². The molecule has 1 aromatic heterocycles. The van der Waals surface area contributed by atoms with Crippen LogP contribution in [0.1, 0.15) is 11.1 Å². The van der Waals surface area contributed by atoms with Gasteiger partial charge in [-0.3, -0.25) is 14.3 Å². The van der Waals surface area contributed by atoms with E-state index in [-0.39, 0.29) is 13.2 Å². The molecule has 0 aliphatic carbocycles. The maximum Gasteiger partial charge on any atom is 0.328 e. The Bertz CT molecular complexity index is 1480. The average molecular weight is 443 g/mol. The van der Waals surface area contributed by atoms with Gasteiger partial charge in [-0.1, -0.05) is 12.1 Å². The standard InChI is InChI=1S/C25H21N3O5/c1-16-19-13-17(15-26)7-8-18(19)23(31-2)14-22(16)33-21-6-4-3-5-20(21)32-12-11-28-10-9-24(29)27-25(28)30/h3-10,13-14H,11-12H2,1-2H3,(H,27,29,30). The van der Waals surface area contributed by atoms with Crippen molar-refractivity contribution in [2.45, 2.75) is 13.5 Å². The molecule has 0 fully saturated rings. The first-order valence-electron chi connectivity index (χ1n) is 10.2. The van der Waals surface area contributed by atoms with E-state index in [1.54, 1.807) is 31.4 Å². The van der Waals surface area contributed by atoms with Gasteiger partial charge < -0.3 is 14.2 Å². The summed E-state index contributed by atoms with van der Waals surface area (Å²) in [5.41, 5.74) is 0.466. The number of aryl methyl sites for hydroxylation is 1. The number of rotatable bonds is 7. The first-order valence-corrected chi connectivity index (χ1v) is 10.2. The topological polar surface area (TPSA) is 106 Å². The lowest BCUT2D eigenvalue weighted by Gasteiger charge is -2.17. The first-order chi connectivity index (χ1) is 16.0. The minimum Gasteiger partial charge on any atom is -0.496 e. The van der Waals surface area contributed by atoms with E-state index >= 15 is 0 Å². The van der Waals surface area contributed by atoms with Crippen molar-refractivity contribution in [1.29, 1.82) is 5.26 Å². The summed E-state index contributed by atoms with van der Waals surface area (Å²) in [7, 11) is 1.59.